The Morgan fingerprint density at radius 3 is 2.32 bits per heavy atom. The summed E-state index contributed by atoms with van der Waals surface area (Å²) in [5.41, 5.74) is 2.55. The average Bonchev–Trinajstić information content (AvgIpc) is 2.96. The van der Waals surface area contributed by atoms with E-state index in [0.29, 0.717) is 29.3 Å². The number of imide groups is 1. The molecule has 0 spiro atoms. The number of nitrogens with zero attached hydrogens (tertiary/aromatic N) is 6. The first-order valence-corrected chi connectivity index (χ1v) is 14.2. The average molecular weight is 587 g/mol. The van der Waals surface area contributed by atoms with Gasteiger partial charge in [0.25, 0.3) is 11.8 Å². The second-order valence-corrected chi connectivity index (χ2v) is 10.8. The van der Waals surface area contributed by atoms with Crippen LogP contribution >= 0.6 is 12.4 Å². The van der Waals surface area contributed by atoms with Crippen molar-refractivity contribution in [2.45, 2.75) is 72.0 Å². The van der Waals surface area contributed by atoms with E-state index in [2.05, 4.69) is 38.9 Å². The van der Waals surface area contributed by atoms with E-state index in [1.54, 1.807) is 6.92 Å². The van der Waals surface area contributed by atoms with Crippen LogP contribution in [0.1, 0.15) is 72.1 Å². The number of benzene rings is 1. The first-order valence-electron chi connectivity index (χ1n) is 14.2. The molecule has 224 valence electrons. The van der Waals surface area contributed by atoms with E-state index in [-0.39, 0.29) is 30.0 Å². The summed E-state index contributed by atoms with van der Waals surface area (Å²) in [4.78, 5) is 53.5. The molecule has 4 amide bonds. The summed E-state index contributed by atoms with van der Waals surface area (Å²) < 4.78 is 0. The largest absolute Gasteiger partial charge is 0.350 e. The van der Waals surface area contributed by atoms with Crippen molar-refractivity contribution in [3.63, 3.8) is 0 Å². The van der Waals surface area contributed by atoms with E-state index in [4.69, 9.17) is 5.84 Å². The Balaban J connectivity index is 0.00000462. The number of aromatic nitrogens is 2. The fourth-order valence-electron chi connectivity index (χ4n) is 5.76. The number of likely N-dealkylation sites (tertiary alicyclic amines) is 1. The van der Waals surface area contributed by atoms with Crippen LogP contribution in [0.5, 0.6) is 0 Å². The number of carbonyl (C=O) groups excluding carboxylic acids is 3. The van der Waals surface area contributed by atoms with Gasteiger partial charge in [0.2, 0.25) is 0 Å². The van der Waals surface area contributed by atoms with E-state index < -0.39 is 11.9 Å². The molecular weight excluding hydrogens is 544 g/mol. The van der Waals surface area contributed by atoms with Crippen molar-refractivity contribution in [3.8, 4) is 0 Å². The van der Waals surface area contributed by atoms with Crippen LogP contribution in [0.3, 0.4) is 0 Å². The van der Waals surface area contributed by atoms with Crippen LogP contribution in [0.2, 0.25) is 0 Å². The minimum atomic E-state index is -0.704. The van der Waals surface area contributed by atoms with Crippen LogP contribution in [-0.2, 0) is 0 Å². The van der Waals surface area contributed by atoms with Crippen LogP contribution in [0.15, 0.2) is 30.5 Å². The molecular formula is C29H43ClN8O3. The number of nitrogens with two attached hydrogens (primary N) is 1. The molecule has 0 unspecified atom stereocenters. The minimum absolute atomic E-state index is 0. The van der Waals surface area contributed by atoms with E-state index in [1.807, 2.05) is 43.0 Å². The lowest BCUT2D eigenvalue weighted by Crippen LogP contribution is -2.62. The second-order valence-electron chi connectivity index (χ2n) is 10.8. The molecule has 2 aromatic rings. The number of anilines is 1. The summed E-state index contributed by atoms with van der Waals surface area (Å²) >= 11 is 0. The van der Waals surface area contributed by atoms with Gasteiger partial charge in [-0.05, 0) is 59.1 Å². The van der Waals surface area contributed by atoms with Crippen LogP contribution in [0, 0.1) is 13.8 Å². The molecule has 1 aromatic carbocycles. The van der Waals surface area contributed by atoms with Gasteiger partial charge in [-0.2, -0.15) is 5.01 Å². The Morgan fingerprint density at radius 1 is 1.07 bits per heavy atom. The van der Waals surface area contributed by atoms with Gasteiger partial charge in [-0.3, -0.25) is 14.5 Å². The number of piperidine rings is 1. The number of halogens is 1. The third kappa shape index (κ3) is 7.14. The first kappa shape index (κ1) is 32.2. The van der Waals surface area contributed by atoms with Crippen molar-refractivity contribution in [3.05, 3.63) is 53.0 Å². The van der Waals surface area contributed by atoms with Gasteiger partial charge in [-0.25, -0.2) is 20.6 Å². The lowest BCUT2D eigenvalue weighted by molar-refractivity contribution is 0.0434. The van der Waals surface area contributed by atoms with E-state index in [1.165, 1.54) is 6.20 Å². The Bertz CT molecular complexity index is 1220. The predicted octanol–water partition coefficient (Wildman–Crippen LogP) is 3.15. The highest BCUT2D eigenvalue weighted by Gasteiger charge is 2.38. The zero-order valence-electron chi connectivity index (χ0n) is 24.7. The smallest absolute Gasteiger partial charge is 0.339 e. The van der Waals surface area contributed by atoms with Crippen LogP contribution in [0.25, 0.3) is 0 Å². The Hall–Kier alpha value is -3.28. The summed E-state index contributed by atoms with van der Waals surface area (Å²) in [5.74, 6) is 5.83. The van der Waals surface area contributed by atoms with Crippen molar-refractivity contribution in [1.82, 2.24) is 30.1 Å². The fraction of sp³-hybridized carbons (Fsp3) is 0.552. The molecule has 3 heterocycles. The Kier molecular flexibility index (Phi) is 11.1. The topological polar surface area (TPSA) is 128 Å². The van der Waals surface area contributed by atoms with Crippen molar-refractivity contribution in [1.29, 1.82) is 0 Å². The van der Waals surface area contributed by atoms with Crippen LogP contribution in [0.4, 0.5) is 10.6 Å². The second kappa shape index (κ2) is 14.1. The van der Waals surface area contributed by atoms with Crippen molar-refractivity contribution >= 4 is 36.1 Å². The number of rotatable bonds is 6. The lowest BCUT2D eigenvalue weighted by Gasteiger charge is -2.50. The highest BCUT2D eigenvalue weighted by Crippen LogP contribution is 2.29. The Labute approximate surface area is 248 Å². The maximum Gasteiger partial charge on any atom is 0.339 e. The van der Waals surface area contributed by atoms with Crippen LogP contribution in [-0.4, -0.2) is 93.5 Å². The fourth-order valence-corrected chi connectivity index (χ4v) is 5.76. The van der Waals surface area contributed by atoms with Crippen molar-refractivity contribution in [2.24, 2.45) is 5.84 Å². The molecule has 11 nitrogen and oxygen atoms in total. The van der Waals surface area contributed by atoms with Gasteiger partial charge >= 0.3 is 6.03 Å². The van der Waals surface area contributed by atoms with Gasteiger partial charge in [-0.1, -0.05) is 24.6 Å². The minimum Gasteiger partial charge on any atom is -0.350 e. The van der Waals surface area contributed by atoms with E-state index in [9.17, 15) is 14.4 Å². The molecule has 41 heavy (non-hydrogen) atoms. The molecule has 0 saturated carbocycles. The van der Waals surface area contributed by atoms with E-state index in [0.717, 1.165) is 62.4 Å². The molecule has 2 aliphatic heterocycles. The molecule has 12 heteroatoms. The number of amides is 4. The monoisotopic (exact) mass is 586 g/mol. The quantitative estimate of drug-likeness (QED) is 0.300. The SMILES string of the molecule is CCNC(=O)N(N)C(=O)c1cnc(N2C[C@H](CC)N(C3CCN(C(=O)c4ccc(C)cc4)CC3)C[C@H]2C)c(C)n1.Cl. The molecule has 2 aliphatic rings. The maximum absolute atomic E-state index is 13.0. The number of hydrogen-bond acceptors (Lipinski definition) is 8. The van der Waals surface area contributed by atoms with E-state index >= 15 is 0 Å². The van der Waals surface area contributed by atoms with Gasteiger partial charge in [0.15, 0.2) is 0 Å². The molecule has 0 bridgehead atoms. The maximum atomic E-state index is 13.0. The predicted molar refractivity (Wildman–Crippen MR) is 161 cm³/mol. The zero-order valence-corrected chi connectivity index (χ0v) is 25.5. The normalized spacial score (nSPS) is 19.9. The molecule has 0 radical (unpaired) electrons. The van der Waals surface area contributed by atoms with Crippen LogP contribution < -0.4 is 16.1 Å². The molecule has 2 saturated heterocycles. The summed E-state index contributed by atoms with van der Waals surface area (Å²) in [6.45, 7) is 13.5. The highest BCUT2D eigenvalue weighted by atomic mass is 35.5. The number of hydrogen-bond donors (Lipinski definition) is 2. The zero-order chi connectivity index (χ0) is 29.0. The third-order valence-electron chi connectivity index (χ3n) is 8.05. The highest BCUT2D eigenvalue weighted by molar-refractivity contribution is 6.02. The first-order chi connectivity index (χ1) is 19.1. The molecule has 0 aliphatic carbocycles. The summed E-state index contributed by atoms with van der Waals surface area (Å²) in [6.07, 6.45) is 4.29. The van der Waals surface area contributed by atoms with Gasteiger partial charge in [0, 0.05) is 56.4 Å². The molecule has 2 fully saturated rings. The summed E-state index contributed by atoms with van der Waals surface area (Å²) in [5, 5.41) is 3.03. The van der Waals surface area contributed by atoms with Gasteiger partial charge in [0.1, 0.15) is 11.5 Å². The molecule has 4 rings (SSSR count). The number of urea groups is 1. The van der Waals surface area contributed by atoms with Crippen molar-refractivity contribution in [2.75, 3.05) is 37.6 Å². The molecule has 1 aromatic heterocycles. The van der Waals surface area contributed by atoms with Gasteiger partial charge in [-0.15, -0.1) is 12.4 Å². The van der Waals surface area contributed by atoms with Crippen molar-refractivity contribution < 1.29 is 14.4 Å². The number of hydrazine groups is 1. The molecule has 3 N–H and O–H groups in total. The summed E-state index contributed by atoms with van der Waals surface area (Å²) in [7, 11) is 0. The number of aryl methyl sites for hydroxylation is 2. The third-order valence-corrected chi connectivity index (χ3v) is 8.05. The number of piperazine rings is 1. The molecule has 2 atom stereocenters. The standard InChI is InChI=1S/C29H42N8O3.ClH/c1-6-23-18-35(26-21(5)33-25(16-32-26)28(39)37(30)29(40)31-7-2)20(4)17-36(23)24-12-14-34(15-13-24)27(38)22-10-8-19(3)9-11-22;/h8-11,16,20,23-24H,6-7,12-15,17-18,30H2,1-5H3,(H,31,40);1H/t20-,23+;/m1./s1. The van der Waals surface area contributed by atoms with Gasteiger partial charge < -0.3 is 15.1 Å². The summed E-state index contributed by atoms with van der Waals surface area (Å²) in [6, 6.07) is 8.07. The number of carbonyl (C=O) groups is 3. The Morgan fingerprint density at radius 2 is 1.73 bits per heavy atom. The lowest BCUT2D eigenvalue weighted by atomic mass is 9.95. The number of nitrogens with one attached hydrogen (secondary N) is 1. The van der Waals surface area contributed by atoms with Gasteiger partial charge in [0.05, 0.1) is 11.9 Å².